The SMILES string of the molecule is CCOc1ccc(NC(=O)C2CC(=O)N(CCc3ccc(C)cc3)C2)cc1. The third-order valence-corrected chi connectivity index (χ3v) is 4.81. The minimum Gasteiger partial charge on any atom is -0.494 e. The highest BCUT2D eigenvalue weighted by atomic mass is 16.5. The van der Waals surface area contributed by atoms with Crippen molar-refractivity contribution in [3.8, 4) is 5.75 Å². The van der Waals surface area contributed by atoms with E-state index in [4.69, 9.17) is 4.74 Å². The molecule has 0 saturated carbocycles. The monoisotopic (exact) mass is 366 g/mol. The summed E-state index contributed by atoms with van der Waals surface area (Å²) >= 11 is 0. The Kier molecular flexibility index (Phi) is 6.12. The molecule has 2 amide bonds. The van der Waals surface area contributed by atoms with Crippen LogP contribution in [0.5, 0.6) is 5.75 Å². The van der Waals surface area contributed by atoms with E-state index in [1.54, 1.807) is 4.90 Å². The Hall–Kier alpha value is -2.82. The lowest BCUT2D eigenvalue weighted by Crippen LogP contribution is -2.30. The Morgan fingerprint density at radius 2 is 1.85 bits per heavy atom. The maximum absolute atomic E-state index is 12.5. The first-order valence-electron chi connectivity index (χ1n) is 9.42. The van der Waals surface area contributed by atoms with Crippen LogP contribution in [0.25, 0.3) is 0 Å². The fraction of sp³-hybridized carbons (Fsp3) is 0.364. The number of nitrogens with one attached hydrogen (secondary N) is 1. The minimum atomic E-state index is -0.304. The van der Waals surface area contributed by atoms with Gasteiger partial charge >= 0.3 is 0 Å². The second kappa shape index (κ2) is 8.71. The van der Waals surface area contributed by atoms with Crippen LogP contribution in [0.4, 0.5) is 5.69 Å². The van der Waals surface area contributed by atoms with Crippen molar-refractivity contribution < 1.29 is 14.3 Å². The molecular formula is C22H26N2O3. The molecule has 3 rings (SSSR count). The standard InChI is InChI=1S/C22H26N2O3/c1-3-27-20-10-8-19(9-11-20)23-22(26)18-14-21(25)24(15-18)13-12-17-6-4-16(2)5-7-17/h4-11,18H,3,12-15H2,1-2H3,(H,23,26). The van der Waals surface area contributed by atoms with Gasteiger partial charge in [-0.1, -0.05) is 29.8 Å². The third kappa shape index (κ3) is 5.09. The molecule has 1 aliphatic rings. The zero-order valence-electron chi connectivity index (χ0n) is 15.9. The summed E-state index contributed by atoms with van der Waals surface area (Å²) in [7, 11) is 0. The zero-order valence-corrected chi connectivity index (χ0v) is 15.9. The molecule has 1 N–H and O–H groups in total. The number of hydrogen-bond acceptors (Lipinski definition) is 3. The fourth-order valence-corrected chi connectivity index (χ4v) is 3.23. The van der Waals surface area contributed by atoms with Crippen LogP contribution in [0.3, 0.4) is 0 Å². The highest BCUT2D eigenvalue weighted by Gasteiger charge is 2.33. The Morgan fingerprint density at radius 1 is 1.15 bits per heavy atom. The van der Waals surface area contributed by atoms with E-state index in [2.05, 4.69) is 36.5 Å². The largest absolute Gasteiger partial charge is 0.494 e. The predicted molar refractivity (Wildman–Crippen MR) is 106 cm³/mol. The number of aryl methyl sites for hydroxylation is 1. The first-order valence-corrected chi connectivity index (χ1v) is 9.42. The molecule has 142 valence electrons. The minimum absolute atomic E-state index is 0.0500. The maximum Gasteiger partial charge on any atom is 0.229 e. The summed E-state index contributed by atoms with van der Waals surface area (Å²) in [5.74, 6) is 0.412. The molecule has 0 bridgehead atoms. The number of likely N-dealkylation sites (tertiary alicyclic amines) is 1. The van der Waals surface area contributed by atoms with Crippen molar-refractivity contribution in [3.63, 3.8) is 0 Å². The van der Waals surface area contributed by atoms with Crippen LogP contribution in [0.2, 0.25) is 0 Å². The maximum atomic E-state index is 12.5. The van der Waals surface area contributed by atoms with Crippen LogP contribution >= 0.6 is 0 Å². The molecule has 5 heteroatoms. The highest BCUT2D eigenvalue weighted by Crippen LogP contribution is 2.22. The molecular weight excluding hydrogens is 340 g/mol. The second-order valence-electron chi connectivity index (χ2n) is 6.92. The third-order valence-electron chi connectivity index (χ3n) is 4.81. The van der Waals surface area contributed by atoms with Crippen LogP contribution in [-0.4, -0.2) is 36.4 Å². The average molecular weight is 366 g/mol. The lowest BCUT2D eigenvalue weighted by molar-refractivity contribution is -0.128. The van der Waals surface area contributed by atoms with Gasteiger partial charge < -0.3 is 15.0 Å². The number of carbonyl (C=O) groups excluding carboxylic acids is 2. The molecule has 2 aromatic carbocycles. The van der Waals surface area contributed by atoms with Crippen molar-refractivity contribution in [2.75, 3.05) is 25.0 Å². The van der Waals surface area contributed by atoms with E-state index in [-0.39, 0.29) is 24.2 Å². The molecule has 1 aliphatic heterocycles. The average Bonchev–Trinajstić information content (AvgIpc) is 3.04. The lowest BCUT2D eigenvalue weighted by atomic mass is 10.1. The number of anilines is 1. The molecule has 1 unspecified atom stereocenters. The molecule has 5 nitrogen and oxygen atoms in total. The number of nitrogens with zero attached hydrogens (tertiary/aromatic N) is 1. The first kappa shape index (κ1) is 19.0. The van der Waals surface area contributed by atoms with Gasteiger partial charge in [-0.3, -0.25) is 9.59 Å². The van der Waals surface area contributed by atoms with E-state index in [1.165, 1.54) is 11.1 Å². The van der Waals surface area contributed by atoms with E-state index in [0.29, 0.717) is 25.4 Å². The van der Waals surface area contributed by atoms with Gasteiger partial charge in [0.15, 0.2) is 0 Å². The summed E-state index contributed by atoms with van der Waals surface area (Å²) in [5, 5.41) is 2.90. The van der Waals surface area contributed by atoms with Crippen molar-refractivity contribution in [2.24, 2.45) is 5.92 Å². The van der Waals surface area contributed by atoms with E-state index in [1.807, 2.05) is 31.2 Å². The van der Waals surface area contributed by atoms with Crippen molar-refractivity contribution in [2.45, 2.75) is 26.7 Å². The molecule has 2 aromatic rings. The van der Waals surface area contributed by atoms with Crippen LogP contribution in [0.15, 0.2) is 48.5 Å². The van der Waals surface area contributed by atoms with Gasteiger partial charge in [0.2, 0.25) is 11.8 Å². The van der Waals surface area contributed by atoms with E-state index in [9.17, 15) is 9.59 Å². The van der Waals surface area contributed by atoms with E-state index >= 15 is 0 Å². The fourth-order valence-electron chi connectivity index (χ4n) is 3.23. The number of benzene rings is 2. The van der Waals surface area contributed by atoms with Gasteiger partial charge in [0, 0.05) is 25.2 Å². The highest BCUT2D eigenvalue weighted by molar-refractivity contribution is 5.97. The number of ether oxygens (including phenoxy) is 1. The summed E-state index contributed by atoms with van der Waals surface area (Å²) in [6.45, 7) is 5.72. The number of rotatable bonds is 7. The number of carbonyl (C=O) groups is 2. The summed E-state index contributed by atoms with van der Waals surface area (Å²) in [5.41, 5.74) is 3.15. The Morgan fingerprint density at radius 3 is 2.52 bits per heavy atom. The topological polar surface area (TPSA) is 58.6 Å². The van der Waals surface area contributed by atoms with Gasteiger partial charge in [0.25, 0.3) is 0 Å². The van der Waals surface area contributed by atoms with Gasteiger partial charge in [0.1, 0.15) is 5.75 Å². The van der Waals surface area contributed by atoms with Crippen molar-refractivity contribution in [1.29, 1.82) is 0 Å². The van der Waals surface area contributed by atoms with Crippen LogP contribution < -0.4 is 10.1 Å². The van der Waals surface area contributed by atoms with Gasteiger partial charge in [-0.05, 0) is 50.1 Å². The van der Waals surface area contributed by atoms with Crippen LogP contribution in [-0.2, 0) is 16.0 Å². The quantitative estimate of drug-likeness (QED) is 0.817. The molecule has 0 spiro atoms. The lowest BCUT2D eigenvalue weighted by Gasteiger charge is -2.16. The van der Waals surface area contributed by atoms with Crippen LogP contribution in [0, 0.1) is 12.8 Å². The van der Waals surface area contributed by atoms with E-state index < -0.39 is 0 Å². The molecule has 1 heterocycles. The van der Waals surface area contributed by atoms with Gasteiger partial charge in [0.05, 0.1) is 12.5 Å². The molecule has 0 radical (unpaired) electrons. The summed E-state index contributed by atoms with van der Waals surface area (Å²) < 4.78 is 5.40. The number of amides is 2. The first-order chi connectivity index (χ1) is 13.0. The van der Waals surface area contributed by atoms with Gasteiger partial charge in [-0.25, -0.2) is 0 Å². The molecule has 1 fully saturated rings. The molecule has 1 atom stereocenters. The van der Waals surface area contributed by atoms with Gasteiger partial charge in [-0.2, -0.15) is 0 Å². The summed E-state index contributed by atoms with van der Waals surface area (Å²) in [6.07, 6.45) is 1.08. The van der Waals surface area contributed by atoms with Crippen molar-refractivity contribution in [3.05, 3.63) is 59.7 Å². The van der Waals surface area contributed by atoms with Gasteiger partial charge in [-0.15, -0.1) is 0 Å². The van der Waals surface area contributed by atoms with Crippen molar-refractivity contribution >= 4 is 17.5 Å². The predicted octanol–water partition coefficient (Wildman–Crippen LogP) is 3.42. The summed E-state index contributed by atoms with van der Waals surface area (Å²) in [4.78, 5) is 26.6. The smallest absolute Gasteiger partial charge is 0.229 e. The molecule has 0 aromatic heterocycles. The molecule has 0 aliphatic carbocycles. The molecule has 27 heavy (non-hydrogen) atoms. The number of hydrogen-bond donors (Lipinski definition) is 1. The van der Waals surface area contributed by atoms with Crippen LogP contribution in [0.1, 0.15) is 24.5 Å². The van der Waals surface area contributed by atoms with Crippen molar-refractivity contribution in [1.82, 2.24) is 4.90 Å². The molecule has 1 saturated heterocycles. The zero-order chi connectivity index (χ0) is 19.2. The Bertz CT molecular complexity index is 784. The Labute approximate surface area is 160 Å². The summed E-state index contributed by atoms with van der Waals surface area (Å²) in [6, 6.07) is 15.6. The van der Waals surface area contributed by atoms with E-state index in [0.717, 1.165) is 12.2 Å². The Balaban J connectivity index is 1.51. The second-order valence-corrected chi connectivity index (χ2v) is 6.92. The normalized spacial score (nSPS) is 16.4.